The van der Waals surface area contributed by atoms with E-state index in [4.69, 9.17) is 9.47 Å². The van der Waals surface area contributed by atoms with Crippen molar-refractivity contribution >= 4 is 5.97 Å². The molecule has 5 heteroatoms. The van der Waals surface area contributed by atoms with Gasteiger partial charge in [0, 0.05) is 6.61 Å². The third-order valence-corrected chi connectivity index (χ3v) is 4.14. The molecule has 2 aliphatic heterocycles. The van der Waals surface area contributed by atoms with Gasteiger partial charge in [0.1, 0.15) is 11.0 Å². The molecule has 2 fully saturated rings. The molecule has 17 heavy (non-hydrogen) atoms. The van der Waals surface area contributed by atoms with Crippen LogP contribution in [-0.4, -0.2) is 50.1 Å². The van der Waals surface area contributed by atoms with Crippen LogP contribution in [-0.2, 0) is 14.3 Å². The Kier molecular flexibility index (Phi) is 3.70. The predicted molar refractivity (Wildman–Crippen MR) is 61.6 cm³/mol. The fraction of sp³-hybridized carbons (Fsp3) is 0.917. The van der Waals surface area contributed by atoms with Gasteiger partial charge in [-0.25, -0.2) is 0 Å². The molecule has 0 bridgehead atoms. The highest BCUT2D eigenvalue weighted by molar-refractivity contribution is 5.78. The minimum atomic E-state index is -1.07. The number of methoxy groups -OCH3 is 1. The number of ether oxygens (including phenoxy) is 2. The number of hydrogen-bond acceptors (Lipinski definition) is 5. The van der Waals surface area contributed by atoms with Crippen molar-refractivity contribution in [2.75, 3.05) is 33.4 Å². The fourth-order valence-electron chi connectivity index (χ4n) is 3.07. The normalized spacial score (nSPS) is 33.1. The zero-order valence-electron chi connectivity index (χ0n) is 10.3. The largest absolute Gasteiger partial charge is 0.469 e. The summed E-state index contributed by atoms with van der Waals surface area (Å²) in [5.74, 6) is -0.299. The Hall–Kier alpha value is -0.650. The monoisotopic (exact) mass is 243 g/mol. The maximum absolute atomic E-state index is 12.1. The number of aliphatic hydroxyl groups is 1. The van der Waals surface area contributed by atoms with Crippen LogP contribution in [0.3, 0.4) is 0 Å². The van der Waals surface area contributed by atoms with Gasteiger partial charge in [0.25, 0.3) is 0 Å². The lowest BCUT2D eigenvalue weighted by molar-refractivity contribution is -0.199. The van der Waals surface area contributed by atoms with E-state index in [9.17, 15) is 9.90 Å². The van der Waals surface area contributed by atoms with Crippen molar-refractivity contribution in [2.45, 2.75) is 31.3 Å². The third-order valence-electron chi connectivity index (χ3n) is 4.14. The van der Waals surface area contributed by atoms with Gasteiger partial charge >= 0.3 is 5.97 Å². The molecule has 1 atom stereocenters. The molecule has 2 N–H and O–H groups in total. The van der Waals surface area contributed by atoms with E-state index < -0.39 is 11.0 Å². The summed E-state index contributed by atoms with van der Waals surface area (Å²) in [5.41, 5.74) is -1.87. The molecule has 2 aliphatic rings. The molecule has 98 valence electrons. The van der Waals surface area contributed by atoms with Gasteiger partial charge in [0.15, 0.2) is 0 Å². The van der Waals surface area contributed by atoms with Gasteiger partial charge in [0.05, 0.1) is 13.7 Å². The molecule has 0 aromatic rings. The lowest BCUT2D eigenvalue weighted by Gasteiger charge is -2.48. The van der Waals surface area contributed by atoms with Crippen molar-refractivity contribution in [3.05, 3.63) is 0 Å². The van der Waals surface area contributed by atoms with Crippen LogP contribution in [0, 0.1) is 5.41 Å². The van der Waals surface area contributed by atoms with Crippen molar-refractivity contribution in [2.24, 2.45) is 5.41 Å². The Morgan fingerprint density at radius 3 is 2.59 bits per heavy atom. The molecule has 5 nitrogen and oxygen atoms in total. The van der Waals surface area contributed by atoms with Crippen LogP contribution in [0.5, 0.6) is 0 Å². The van der Waals surface area contributed by atoms with E-state index in [0.717, 1.165) is 19.5 Å². The molecule has 2 saturated heterocycles. The second-order valence-electron chi connectivity index (χ2n) is 5.01. The number of nitrogens with one attached hydrogen (secondary N) is 1. The zero-order valence-corrected chi connectivity index (χ0v) is 10.3. The molecule has 2 rings (SSSR count). The second-order valence-corrected chi connectivity index (χ2v) is 5.01. The molecule has 0 aromatic carbocycles. The first kappa shape index (κ1) is 12.8. The first-order valence-electron chi connectivity index (χ1n) is 6.24. The van der Waals surface area contributed by atoms with Gasteiger partial charge in [-0.3, -0.25) is 4.79 Å². The van der Waals surface area contributed by atoms with E-state index in [0.29, 0.717) is 25.9 Å². The number of carbonyl (C=O) groups excluding carboxylic acids is 1. The number of hydrogen-bond donors (Lipinski definition) is 2. The average molecular weight is 243 g/mol. The topological polar surface area (TPSA) is 67.8 Å². The molecule has 0 aliphatic carbocycles. The summed E-state index contributed by atoms with van der Waals surface area (Å²) >= 11 is 0. The van der Waals surface area contributed by atoms with E-state index >= 15 is 0 Å². The van der Waals surface area contributed by atoms with Crippen molar-refractivity contribution < 1.29 is 19.4 Å². The maximum atomic E-state index is 12.1. The second kappa shape index (κ2) is 4.92. The van der Waals surface area contributed by atoms with Gasteiger partial charge < -0.3 is 19.9 Å². The van der Waals surface area contributed by atoms with Crippen LogP contribution >= 0.6 is 0 Å². The van der Waals surface area contributed by atoms with E-state index in [1.54, 1.807) is 0 Å². The summed E-state index contributed by atoms with van der Waals surface area (Å²) in [7, 11) is 1.39. The Balaban J connectivity index is 2.27. The minimum absolute atomic E-state index is 0.238. The van der Waals surface area contributed by atoms with Crippen molar-refractivity contribution in [3.63, 3.8) is 0 Å². The smallest absolute Gasteiger partial charge is 0.314 e. The quantitative estimate of drug-likeness (QED) is 0.672. The van der Waals surface area contributed by atoms with Crippen LogP contribution < -0.4 is 5.32 Å². The first-order valence-corrected chi connectivity index (χ1v) is 6.24. The number of piperidine rings is 1. The molecule has 0 saturated carbocycles. The van der Waals surface area contributed by atoms with E-state index in [-0.39, 0.29) is 12.6 Å². The summed E-state index contributed by atoms with van der Waals surface area (Å²) in [4.78, 5) is 12.1. The highest BCUT2D eigenvalue weighted by Gasteiger charge is 2.57. The van der Waals surface area contributed by atoms with Crippen molar-refractivity contribution in [1.82, 2.24) is 5.32 Å². The van der Waals surface area contributed by atoms with Gasteiger partial charge in [0.2, 0.25) is 0 Å². The molecular weight excluding hydrogens is 222 g/mol. The van der Waals surface area contributed by atoms with Crippen LogP contribution in [0.15, 0.2) is 0 Å². The number of rotatable bonds is 2. The maximum Gasteiger partial charge on any atom is 0.314 e. The number of esters is 1. The van der Waals surface area contributed by atoms with Gasteiger partial charge in [-0.15, -0.1) is 0 Å². The zero-order chi connectivity index (χ0) is 12.4. The molecule has 0 spiro atoms. The summed E-state index contributed by atoms with van der Waals surface area (Å²) in [6, 6.07) is 0. The SMILES string of the molecule is COC(=O)C1(C2(O)CCCOC2)CCNCC1. The fourth-order valence-corrected chi connectivity index (χ4v) is 3.07. The third kappa shape index (κ3) is 2.07. The predicted octanol–water partition coefficient (Wildman–Crippen LogP) is 0.0707. The van der Waals surface area contributed by atoms with Gasteiger partial charge in [-0.1, -0.05) is 0 Å². The van der Waals surface area contributed by atoms with E-state index in [2.05, 4.69) is 5.32 Å². The van der Waals surface area contributed by atoms with Crippen LogP contribution in [0.2, 0.25) is 0 Å². The first-order chi connectivity index (χ1) is 8.15. The van der Waals surface area contributed by atoms with Crippen molar-refractivity contribution in [3.8, 4) is 0 Å². The Morgan fingerprint density at radius 2 is 2.06 bits per heavy atom. The van der Waals surface area contributed by atoms with Crippen molar-refractivity contribution in [1.29, 1.82) is 0 Å². The Bertz CT molecular complexity index is 280. The molecule has 2 heterocycles. The van der Waals surface area contributed by atoms with Crippen LogP contribution in [0.25, 0.3) is 0 Å². The summed E-state index contributed by atoms with van der Waals surface area (Å²) in [6.07, 6.45) is 2.63. The van der Waals surface area contributed by atoms with Crippen LogP contribution in [0.1, 0.15) is 25.7 Å². The van der Waals surface area contributed by atoms with Gasteiger partial charge in [-0.05, 0) is 38.8 Å². The standard InChI is InChI=1S/C12H21NO4/c1-16-10(14)11(4-6-13-7-5-11)12(15)3-2-8-17-9-12/h13,15H,2-9H2,1H3. The Morgan fingerprint density at radius 1 is 1.35 bits per heavy atom. The molecule has 0 amide bonds. The summed E-state index contributed by atoms with van der Waals surface area (Å²) < 4.78 is 10.3. The number of carbonyl (C=O) groups is 1. The lowest BCUT2D eigenvalue weighted by Crippen LogP contribution is -2.61. The molecule has 0 aromatic heterocycles. The lowest BCUT2D eigenvalue weighted by atomic mass is 9.64. The Labute approximate surface area is 101 Å². The van der Waals surface area contributed by atoms with E-state index in [1.165, 1.54) is 7.11 Å². The molecular formula is C12H21NO4. The molecule has 0 radical (unpaired) electrons. The minimum Gasteiger partial charge on any atom is -0.469 e. The highest BCUT2D eigenvalue weighted by Crippen LogP contribution is 2.45. The average Bonchev–Trinajstić information content (AvgIpc) is 2.39. The summed E-state index contributed by atoms with van der Waals surface area (Å²) in [5, 5.41) is 14.0. The summed E-state index contributed by atoms with van der Waals surface area (Å²) in [6.45, 7) is 2.37. The van der Waals surface area contributed by atoms with Crippen LogP contribution in [0.4, 0.5) is 0 Å². The molecule has 1 unspecified atom stereocenters. The highest BCUT2D eigenvalue weighted by atomic mass is 16.5. The van der Waals surface area contributed by atoms with E-state index in [1.807, 2.05) is 0 Å². The van der Waals surface area contributed by atoms with Gasteiger partial charge in [-0.2, -0.15) is 0 Å².